The van der Waals surface area contributed by atoms with Gasteiger partial charge in [0.15, 0.2) is 0 Å². The molecule has 1 heterocycles. The van der Waals surface area contributed by atoms with Gasteiger partial charge in [-0.15, -0.1) is 0 Å². The summed E-state index contributed by atoms with van der Waals surface area (Å²) in [5.74, 6) is 0.239. The lowest BCUT2D eigenvalue weighted by Gasteiger charge is -2.16. The zero-order chi connectivity index (χ0) is 20.5. The molecule has 1 atom stereocenters. The Morgan fingerprint density at radius 3 is 2.48 bits per heavy atom. The molecule has 0 aliphatic heterocycles. The fraction of sp³-hybridized carbons (Fsp3) is 0.182. The number of carbonyl (C=O) groups excluding carboxylic acids is 2. The van der Waals surface area contributed by atoms with Crippen LogP contribution in [-0.4, -0.2) is 28.3 Å². The molecule has 0 bridgehead atoms. The molecule has 1 aromatic heterocycles. The number of nitrogens with one attached hydrogen (secondary N) is 3. The first kappa shape index (κ1) is 20.0. The van der Waals surface area contributed by atoms with Crippen LogP contribution in [0.2, 0.25) is 0 Å². The van der Waals surface area contributed by atoms with Gasteiger partial charge in [-0.2, -0.15) is 0 Å². The average Bonchev–Trinajstić information content (AvgIpc) is 2.75. The van der Waals surface area contributed by atoms with Crippen molar-refractivity contribution in [2.45, 2.75) is 19.4 Å². The molecule has 0 radical (unpaired) electrons. The highest BCUT2D eigenvalue weighted by atomic mass is 16.2. The fourth-order valence-corrected chi connectivity index (χ4v) is 2.75. The number of aromatic nitrogens is 2. The lowest BCUT2D eigenvalue weighted by atomic mass is 10.1. The molecule has 1 unspecified atom stereocenters. The molecule has 3 rings (SSSR count). The minimum absolute atomic E-state index is 0.0837. The molecular formula is C22H23N5O2. The number of rotatable bonds is 8. The molecule has 0 saturated carbocycles. The molecule has 29 heavy (non-hydrogen) atoms. The zero-order valence-electron chi connectivity index (χ0n) is 16.1. The van der Waals surface area contributed by atoms with E-state index < -0.39 is 0 Å². The van der Waals surface area contributed by atoms with E-state index in [4.69, 9.17) is 0 Å². The van der Waals surface area contributed by atoms with Crippen molar-refractivity contribution in [2.24, 2.45) is 0 Å². The van der Waals surface area contributed by atoms with Crippen molar-refractivity contribution in [3.8, 4) is 0 Å². The number of amides is 2. The lowest BCUT2D eigenvalue weighted by Crippen LogP contribution is -2.28. The van der Waals surface area contributed by atoms with E-state index in [-0.39, 0.29) is 17.9 Å². The van der Waals surface area contributed by atoms with E-state index in [0.29, 0.717) is 30.2 Å². The molecule has 0 aliphatic rings. The van der Waals surface area contributed by atoms with Gasteiger partial charge in [-0.3, -0.25) is 9.59 Å². The van der Waals surface area contributed by atoms with Crippen molar-refractivity contribution < 1.29 is 9.59 Å². The zero-order valence-corrected chi connectivity index (χ0v) is 16.1. The van der Waals surface area contributed by atoms with E-state index in [9.17, 15) is 9.59 Å². The SMILES string of the molecule is CC(NC(=O)CCNc1ncccn1)c1cccc(NC(=O)c2ccccc2)c1. The number of carbonyl (C=O) groups is 2. The molecule has 148 valence electrons. The second-order valence-electron chi connectivity index (χ2n) is 6.48. The van der Waals surface area contributed by atoms with E-state index in [0.717, 1.165) is 5.56 Å². The number of anilines is 2. The van der Waals surface area contributed by atoms with Crippen LogP contribution < -0.4 is 16.0 Å². The predicted octanol–water partition coefficient (Wildman–Crippen LogP) is 3.41. The van der Waals surface area contributed by atoms with Crippen molar-refractivity contribution in [3.05, 3.63) is 84.2 Å². The van der Waals surface area contributed by atoms with Gasteiger partial charge in [0.25, 0.3) is 5.91 Å². The van der Waals surface area contributed by atoms with Crippen molar-refractivity contribution in [1.29, 1.82) is 0 Å². The highest BCUT2D eigenvalue weighted by molar-refractivity contribution is 6.04. The average molecular weight is 389 g/mol. The van der Waals surface area contributed by atoms with E-state index >= 15 is 0 Å². The highest BCUT2D eigenvalue weighted by Crippen LogP contribution is 2.18. The van der Waals surface area contributed by atoms with Gasteiger partial charge in [0, 0.05) is 36.6 Å². The minimum atomic E-state index is -0.191. The first-order chi connectivity index (χ1) is 14.1. The second kappa shape index (κ2) is 9.98. The Hall–Kier alpha value is -3.74. The van der Waals surface area contributed by atoms with Gasteiger partial charge >= 0.3 is 0 Å². The fourth-order valence-electron chi connectivity index (χ4n) is 2.75. The number of benzene rings is 2. The van der Waals surface area contributed by atoms with Crippen molar-refractivity contribution in [2.75, 3.05) is 17.2 Å². The maximum absolute atomic E-state index is 12.3. The van der Waals surface area contributed by atoms with E-state index in [2.05, 4.69) is 25.9 Å². The van der Waals surface area contributed by atoms with Crippen molar-refractivity contribution >= 4 is 23.5 Å². The molecule has 3 N–H and O–H groups in total. The lowest BCUT2D eigenvalue weighted by molar-refractivity contribution is -0.121. The molecule has 0 spiro atoms. The Balaban J connectivity index is 1.51. The summed E-state index contributed by atoms with van der Waals surface area (Å²) in [7, 11) is 0. The quantitative estimate of drug-likeness (QED) is 0.549. The van der Waals surface area contributed by atoms with Crippen LogP contribution in [0.1, 0.15) is 35.3 Å². The van der Waals surface area contributed by atoms with Crippen molar-refractivity contribution in [1.82, 2.24) is 15.3 Å². The molecule has 3 aromatic rings. The van der Waals surface area contributed by atoms with Gasteiger partial charge in [0.05, 0.1) is 6.04 Å². The van der Waals surface area contributed by atoms with Gasteiger partial charge < -0.3 is 16.0 Å². The minimum Gasteiger partial charge on any atom is -0.354 e. The van der Waals surface area contributed by atoms with Gasteiger partial charge in [-0.25, -0.2) is 9.97 Å². The van der Waals surface area contributed by atoms with Gasteiger partial charge in [0.2, 0.25) is 11.9 Å². The largest absolute Gasteiger partial charge is 0.354 e. The van der Waals surface area contributed by atoms with Crippen molar-refractivity contribution in [3.63, 3.8) is 0 Å². The van der Waals surface area contributed by atoms with Crippen LogP contribution in [0.3, 0.4) is 0 Å². The smallest absolute Gasteiger partial charge is 0.255 e. The summed E-state index contributed by atoms with van der Waals surface area (Å²) in [6.07, 6.45) is 3.58. The summed E-state index contributed by atoms with van der Waals surface area (Å²) in [5.41, 5.74) is 2.18. The van der Waals surface area contributed by atoms with Crippen LogP contribution in [0.4, 0.5) is 11.6 Å². The van der Waals surface area contributed by atoms with Gasteiger partial charge in [-0.05, 0) is 42.8 Å². The molecule has 2 amide bonds. The van der Waals surface area contributed by atoms with Crippen LogP contribution in [0.15, 0.2) is 73.1 Å². The summed E-state index contributed by atoms with van der Waals surface area (Å²) in [6, 6.07) is 18.0. The summed E-state index contributed by atoms with van der Waals surface area (Å²) >= 11 is 0. The number of hydrogen-bond acceptors (Lipinski definition) is 5. The summed E-state index contributed by atoms with van der Waals surface area (Å²) in [6.45, 7) is 2.35. The Labute approximate surface area is 169 Å². The first-order valence-electron chi connectivity index (χ1n) is 9.38. The van der Waals surface area contributed by atoms with Crippen LogP contribution in [0, 0.1) is 0 Å². The van der Waals surface area contributed by atoms with E-state index in [1.54, 1.807) is 30.6 Å². The Bertz CT molecular complexity index is 948. The molecule has 2 aromatic carbocycles. The first-order valence-corrected chi connectivity index (χ1v) is 9.38. The molecule has 7 nitrogen and oxygen atoms in total. The predicted molar refractivity (Wildman–Crippen MR) is 113 cm³/mol. The third-order valence-electron chi connectivity index (χ3n) is 4.26. The van der Waals surface area contributed by atoms with Crippen LogP contribution >= 0.6 is 0 Å². The Kier molecular flexibility index (Phi) is 6.89. The van der Waals surface area contributed by atoms with Crippen LogP contribution in [0.5, 0.6) is 0 Å². The number of hydrogen-bond donors (Lipinski definition) is 3. The van der Waals surface area contributed by atoms with E-state index in [1.807, 2.05) is 49.4 Å². The summed E-state index contributed by atoms with van der Waals surface area (Å²) < 4.78 is 0. The third kappa shape index (κ3) is 6.14. The molecule has 0 fully saturated rings. The van der Waals surface area contributed by atoms with Gasteiger partial charge in [-0.1, -0.05) is 30.3 Å². The Morgan fingerprint density at radius 2 is 1.72 bits per heavy atom. The second-order valence-corrected chi connectivity index (χ2v) is 6.48. The van der Waals surface area contributed by atoms with E-state index in [1.165, 1.54) is 0 Å². The molecule has 0 saturated heterocycles. The standard InChI is InChI=1S/C22H23N5O2/c1-16(26-20(28)11-14-25-22-23-12-6-13-24-22)18-9-5-10-19(15-18)27-21(29)17-7-3-2-4-8-17/h2-10,12-13,15-16H,11,14H2,1H3,(H,26,28)(H,27,29)(H,23,24,25). The maximum Gasteiger partial charge on any atom is 0.255 e. The third-order valence-corrected chi connectivity index (χ3v) is 4.26. The molecule has 7 heteroatoms. The molecular weight excluding hydrogens is 366 g/mol. The topological polar surface area (TPSA) is 96.0 Å². The Morgan fingerprint density at radius 1 is 0.966 bits per heavy atom. The monoisotopic (exact) mass is 389 g/mol. The highest BCUT2D eigenvalue weighted by Gasteiger charge is 2.11. The number of nitrogens with zero attached hydrogens (tertiary/aromatic N) is 2. The summed E-state index contributed by atoms with van der Waals surface area (Å²) in [5, 5.41) is 8.85. The van der Waals surface area contributed by atoms with Gasteiger partial charge in [0.1, 0.15) is 0 Å². The maximum atomic E-state index is 12.3. The van der Waals surface area contributed by atoms with Crippen LogP contribution in [0.25, 0.3) is 0 Å². The summed E-state index contributed by atoms with van der Waals surface area (Å²) in [4.78, 5) is 32.6. The normalized spacial score (nSPS) is 11.3. The van der Waals surface area contributed by atoms with Crippen LogP contribution in [-0.2, 0) is 4.79 Å². The molecule has 0 aliphatic carbocycles.